The molecule has 94 valence electrons. The van der Waals surface area contributed by atoms with Crippen molar-refractivity contribution in [3.05, 3.63) is 59.7 Å². The molecule has 3 rings (SSSR count). The first kappa shape index (κ1) is 13.2. The Balaban J connectivity index is 0.000000267. The summed E-state index contributed by atoms with van der Waals surface area (Å²) in [5.74, 6) is 0. The highest BCUT2D eigenvalue weighted by atomic mass is 31.2. The van der Waals surface area contributed by atoms with E-state index in [4.69, 9.17) is 14.7 Å². The monoisotopic (exact) mass is 262 g/mol. The second-order valence-electron chi connectivity index (χ2n) is 4.08. The zero-order chi connectivity index (χ0) is 13.0. The molecule has 2 aromatic rings. The Morgan fingerprint density at radius 2 is 1.00 bits per heavy atom. The molecule has 3 nitrogen and oxygen atoms in total. The summed E-state index contributed by atoms with van der Waals surface area (Å²) >= 11 is 0. The molecule has 0 heterocycles. The highest BCUT2D eigenvalue weighted by Gasteiger charge is 2.13. The van der Waals surface area contributed by atoms with Gasteiger partial charge in [-0.1, -0.05) is 48.5 Å². The van der Waals surface area contributed by atoms with Crippen molar-refractivity contribution in [3.63, 3.8) is 0 Å². The molecule has 1 aliphatic carbocycles. The molecule has 2 aromatic carbocycles. The zero-order valence-corrected chi connectivity index (χ0v) is 10.7. The Labute approximate surface area is 107 Å². The molecule has 0 unspecified atom stereocenters. The Hall–Kier alpha value is -1.25. The van der Waals surface area contributed by atoms with Gasteiger partial charge in [0.25, 0.3) is 0 Å². The van der Waals surface area contributed by atoms with Crippen LogP contribution in [0.5, 0.6) is 0 Å². The fourth-order valence-electron chi connectivity index (χ4n) is 2.27. The number of rotatable bonds is 0. The lowest BCUT2D eigenvalue weighted by molar-refractivity contribution is 0.368. The minimum absolute atomic E-state index is 1.19. The average molecular weight is 262 g/mol. The first-order valence-electron chi connectivity index (χ1n) is 5.71. The van der Waals surface area contributed by atoms with Crippen LogP contribution in [0.1, 0.15) is 11.1 Å². The van der Waals surface area contributed by atoms with E-state index in [-0.39, 0.29) is 0 Å². The van der Waals surface area contributed by atoms with E-state index in [0.717, 1.165) is 0 Å². The highest BCUT2D eigenvalue weighted by molar-refractivity contribution is 7.38. The van der Waals surface area contributed by atoms with E-state index in [2.05, 4.69) is 48.5 Å². The van der Waals surface area contributed by atoms with Gasteiger partial charge in [0.05, 0.1) is 0 Å². The molecule has 1 aliphatic rings. The molecule has 0 aromatic heterocycles. The maximum absolute atomic E-state index is 7.23. The van der Waals surface area contributed by atoms with Crippen molar-refractivity contribution in [1.29, 1.82) is 0 Å². The minimum Gasteiger partial charge on any atom is -0.328 e. The van der Waals surface area contributed by atoms with Crippen LogP contribution >= 0.6 is 8.60 Å². The lowest BCUT2D eigenvalue weighted by Gasteiger charge is -2.19. The molecular weight excluding hydrogens is 247 g/mol. The maximum Gasteiger partial charge on any atom is 0.324 e. The van der Waals surface area contributed by atoms with Crippen LogP contribution in [-0.2, 0) is 12.8 Å². The van der Waals surface area contributed by atoms with Gasteiger partial charge in [-0.05, 0) is 35.1 Å². The first-order valence-corrected chi connectivity index (χ1v) is 6.91. The molecule has 0 radical (unpaired) electrons. The van der Waals surface area contributed by atoms with Gasteiger partial charge < -0.3 is 14.7 Å². The van der Waals surface area contributed by atoms with E-state index >= 15 is 0 Å². The van der Waals surface area contributed by atoms with Crippen molar-refractivity contribution >= 4 is 8.60 Å². The highest BCUT2D eigenvalue weighted by Crippen LogP contribution is 2.32. The molecule has 18 heavy (non-hydrogen) atoms. The van der Waals surface area contributed by atoms with Crippen molar-refractivity contribution < 1.29 is 14.7 Å². The lowest BCUT2D eigenvalue weighted by atomic mass is 9.86. The van der Waals surface area contributed by atoms with Crippen LogP contribution in [0.25, 0.3) is 11.1 Å². The molecular formula is C14H15O3P. The molecule has 0 aliphatic heterocycles. The van der Waals surface area contributed by atoms with Crippen LogP contribution in [0.4, 0.5) is 0 Å². The predicted octanol–water partition coefficient (Wildman–Crippen LogP) is 2.64. The molecule has 0 bridgehead atoms. The van der Waals surface area contributed by atoms with E-state index < -0.39 is 8.60 Å². The Morgan fingerprint density at radius 3 is 1.39 bits per heavy atom. The van der Waals surface area contributed by atoms with E-state index in [9.17, 15) is 0 Å². The van der Waals surface area contributed by atoms with Crippen LogP contribution in [0.15, 0.2) is 48.5 Å². The molecule has 3 N–H and O–H groups in total. The maximum atomic E-state index is 7.23. The molecule has 0 amide bonds. The quantitative estimate of drug-likeness (QED) is 0.640. The first-order chi connectivity index (χ1) is 8.68. The average Bonchev–Trinajstić information content (AvgIpc) is 2.38. The van der Waals surface area contributed by atoms with Crippen molar-refractivity contribution in [2.45, 2.75) is 12.8 Å². The van der Waals surface area contributed by atoms with Gasteiger partial charge in [-0.2, -0.15) is 0 Å². The van der Waals surface area contributed by atoms with Gasteiger partial charge in [-0.25, -0.2) is 0 Å². The van der Waals surface area contributed by atoms with Crippen LogP contribution in [-0.4, -0.2) is 14.7 Å². The SMILES string of the molecule is OP(O)O.c1ccc2c(c1)CCc1ccccc1-2. The van der Waals surface area contributed by atoms with E-state index in [1.807, 2.05) is 0 Å². The van der Waals surface area contributed by atoms with Gasteiger partial charge in [0.15, 0.2) is 0 Å². The van der Waals surface area contributed by atoms with Gasteiger partial charge in [0, 0.05) is 0 Å². The normalized spacial score (nSPS) is 12.2. The number of benzene rings is 2. The topological polar surface area (TPSA) is 60.7 Å². The smallest absolute Gasteiger partial charge is 0.324 e. The largest absolute Gasteiger partial charge is 0.328 e. The fourth-order valence-corrected chi connectivity index (χ4v) is 2.27. The van der Waals surface area contributed by atoms with Crippen LogP contribution in [0.3, 0.4) is 0 Å². The summed E-state index contributed by atoms with van der Waals surface area (Å²) in [5, 5.41) is 0. The minimum atomic E-state index is -2.62. The second-order valence-corrected chi connectivity index (χ2v) is 4.62. The molecule has 0 spiro atoms. The van der Waals surface area contributed by atoms with Gasteiger partial charge in [0.2, 0.25) is 0 Å². The third-order valence-corrected chi connectivity index (χ3v) is 2.99. The van der Waals surface area contributed by atoms with Crippen molar-refractivity contribution in [3.8, 4) is 11.1 Å². The Kier molecular flexibility index (Phi) is 4.45. The Bertz CT molecular complexity index is 478. The van der Waals surface area contributed by atoms with Crippen LogP contribution in [0, 0.1) is 0 Å². The molecule has 4 heteroatoms. The van der Waals surface area contributed by atoms with Crippen molar-refractivity contribution in [1.82, 2.24) is 0 Å². The van der Waals surface area contributed by atoms with Crippen LogP contribution < -0.4 is 0 Å². The van der Waals surface area contributed by atoms with Crippen molar-refractivity contribution in [2.24, 2.45) is 0 Å². The van der Waals surface area contributed by atoms with Crippen molar-refractivity contribution in [2.75, 3.05) is 0 Å². The van der Waals surface area contributed by atoms with E-state index in [0.29, 0.717) is 0 Å². The number of aryl methyl sites for hydroxylation is 2. The van der Waals surface area contributed by atoms with E-state index in [1.165, 1.54) is 35.1 Å². The van der Waals surface area contributed by atoms with Gasteiger partial charge in [-0.15, -0.1) is 0 Å². The van der Waals surface area contributed by atoms with Gasteiger partial charge in [-0.3, -0.25) is 0 Å². The summed E-state index contributed by atoms with van der Waals surface area (Å²) in [6.45, 7) is 0. The Morgan fingerprint density at radius 1 is 0.667 bits per heavy atom. The summed E-state index contributed by atoms with van der Waals surface area (Å²) in [6, 6.07) is 17.5. The van der Waals surface area contributed by atoms with E-state index in [1.54, 1.807) is 0 Å². The predicted molar refractivity (Wildman–Crippen MR) is 72.9 cm³/mol. The summed E-state index contributed by atoms with van der Waals surface area (Å²) in [4.78, 5) is 21.7. The standard InChI is InChI=1S/C14H12.H3O3P/c1-3-7-13-11(5-1)9-10-12-6-2-4-8-14(12)13;1-4(2)3/h1-8H,9-10H2;1-3H. The van der Waals surface area contributed by atoms with Crippen LogP contribution in [0.2, 0.25) is 0 Å². The third kappa shape index (κ3) is 3.15. The number of hydrogen-bond donors (Lipinski definition) is 3. The summed E-state index contributed by atoms with van der Waals surface area (Å²) < 4.78 is 0. The lowest BCUT2D eigenvalue weighted by Crippen LogP contribution is -2.02. The van der Waals surface area contributed by atoms with Gasteiger partial charge >= 0.3 is 8.60 Å². The summed E-state index contributed by atoms with van der Waals surface area (Å²) in [5.41, 5.74) is 5.83. The molecule has 0 fully saturated rings. The number of fused-ring (bicyclic) bond motifs is 3. The third-order valence-electron chi connectivity index (χ3n) is 2.99. The van der Waals surface area contributed by atoms with Gasteiger partial charge in [0.1, 0.15) is 0 Å². The molecule has 0 saturated carbocycles. The summed E-state index contributed by atoms with van der Waals surface area (Å²) in [7, 11) is -2.62. The second kappa shape index (κ2) is 6.07. The summed E-state index contributed by atoms with van der Waals surface area (Å²) in [6.07, 6.45) is 2.38. The number of hydrogen-bond acceptors (Lipinski definition) is 3. The molecule has 0 saturated heterocycles. The fraction of sp³-hybridized carbons (Fsp3) is 0.143. The zero-order valence-electron chi connectivity index (χ0n) is 9.82. The molecule has 0 atom stereocenters.